The van der Waals surface area contributed by atoms with Crippen LogP contribution in [0.2, 0.25) is 0 Å². The van der Waals surface area contributed by atoms with E-state index in [-0.39, 0.29) is 35.5 Å². The van der Waals surface area contributed by atoms with Gasteiger partial charge in [-0.1, -0.05) is 43.3 Å². The molecule has 1 heterocycles. The topological polar surface area (TPSA) is 66.5 Å². The van der Waals surface area contributed by atoms with E-state index >= 15 is 0 Å². The predicted octanol–water partition coefficient (Wildman–Crippen LogP) is 3.64. The van der Waals surface area contributed by atoms with Crippen molar-refractivity contribution in [1.29, 1.82) is 0 Å². The number of rotatable bonds is 3. The average molecular weight is 360 g/mol. The number of nitrogens with one attached hydrogen (secondary N) is 1. The van der Waals surface area contributed by atoms with Crippen LogP contribution in [0.1, 0.15) is 23.7 Å². The first-order chi connectivity index (χ1) is 13.1. The van der Waals surface area contributed by atoms with Gasteiger partial charge in [-0.3, -0.25) is 14.4 Å². The smallest absolute Gasteiger partial charge is 0.255 e. The molecule has 2 aliphatic rings. The van der Waals surface area contributed by atoms with Gasteiger partial charge in [0, 0.05) is 11.3 Å². The number of hydrogen-bond acceptors (Lipinski definition) is 3. The van der Waals surface area contributed by atoms with Crippen LogP contribution in [0.4, 0.5) is 11.4 Å². The zero-order chi connectivity index (χ0) is 19.0. The molecular weight excluding hydrogens is 340 g/mol. The standard InChI is InChI=1S/C22H20N2O3/c1-14-7-5-12-18-19(14)22(27)24(21(18)26)17-11-6-10-16(13-17)23-20(25)15-8-3-2-4-9-15/h2-11,13-14,18-19H,12H2,1H3,(H,23,25)/t14-,18-,19-/m1/s1. The summed E-state index contributed by atoms with van der Waals surface area (Å²) in [6.07, 6.45) is 4.59. The number of imide groups is 1. The maximum Gasteiger partial charge on any atom is 0.255 e. The summed E-state index contributed by atoms with van der Waals surface area (Å²) >= 11 is 0. The molecule has 0 unspecified atom stereocenters. The lowest BCUT2D eigenvalue weighted by Crippen LogP contribution is -2.31. The fourth-order valence-electron chi connectivity index (χ4n) is 3.92. The predicted molar refractivity (Wildman–Crippen MR) is 103 cm³/mol. The minimum absolute atomic E-state index is 0.0474. The molecule has 1 N–H and O–H groups in total. The van der Waals surface area contributed by atoms with Crippen LogP contribution in [-0.2, 0) is 9.59 Å². The van der Waals surface area contributed by atoms with Gasteiger partial charge in [0.05, 0.1) is 17.5 Å². The molecule has 2 aromatic rings. The monoisotopic (exact) mass is 360 g/mol. The van der Waals surface area contributed by atoms with E-state index in [0.29, 0.717) is 23.4 Å². The third kappa shape index (κ3) is 3.05. The Kier molecular flexibility index (Phi) is 4.36. The summed E-state index contributed by atoms with van der Waals surface area (Å²) < 4.78 is 0. The first-order valence-corrected chi connectivity index (χ1v) is 9.07. The third-order valence-corrected chi connectivity index (χ3v) is 5.27. The van der Waals surface area contributed by atoms with Gasteiger partial charge in [0.1, 0.15) is 0 Å². The van der Waals surface area contributed by atoms with E-state index in [1.807, 2.05) is 25.1 Å². The van der Waals surface area contributed by atoms with Crippen LogP contribution < -0.4 is 10.2 Å². The lowest BCUT2D eigenvalue weighted by Gasteiger charge is -2.22. The summed E-state index contributed by atoms with van der Waals surface area (Å²) in [5.74, 6) is -1.10. The molecule has 5 heteroatoms. The van der Waals surface area contributed by atoms with Crippen LogP contribution in [0.25, 0.3) is 0 Å². The lowest BCUT2D eigenvalue weighted by atomic mass is 9.78. The third-order valence-electron chi connectivity index (χ3n) is 5.27. The number of nitrogens with zero attached hydrogens (tertiary/aromatic N) is 1. The summed E-state index contributed by atoms with van der Waals surface area (Å²) in [6, 6.07) is 15.8. The Balaban J connectivity index is 1.59. The highest BCUT2D eigenvalue weighted by Gasteiger charge is 2.50. The second kappa shape index (κ2) is 6.83. The SMILES string of the molecule is C[C@@H]1C=CC[C@H]2C(=O)N(c3cccc(NC(=O)c4ccccc4)c3)C(=O)[C@H]12. The van der Waals surface area contributed by atoms with E-state index in [2.05, 4.69) is 5.32 Å². The van der Waals surface area contributed by atoms with Gasteiger partial charge in [0.25, 0.3) is 5.91 Å². The van der Waals surface area contributed by atoms with Crippen molar-refractivity contribution in [1.82, 2.24) is 0 Å². The molecule has 1 saturated heterocycles. The van der Waals surface area contributed by atoms with E-state index in [1.165, 1.54) is 4.90 Å². The number of benzene rings is 2. The molecule has 1 aliphatic carbocycles. The van der Waals surface area contributed by atoms with Gasteiger partial charge >= 0.3 is 0 Å². The second-order valence-electron chi connectivity index (χ2n) is 7.04. The molecule has 1 fully saturated rings. The van der Waals surface area contributed by atoms with E-state index in [0.717, 1.165) is 0 Å². The Morgan fingerprint density at radius 2 is 1.81 bits per heavy atom. The molecule has 0 saturated carbocycles. The summed E-state index contributed by atoms with van der Waals surface area (Å²) in [5.41, 5.74) is 1.59. The summed E-state index contributed by atoms with van der Waals surface area (Å²) in [5, 5.41) is 2.82. The van der Waals surface area contributed by atoms with Crippen LogP contribution in [-0.4, -0.2) is 17.7 Å². The number of fused-ring (bicyclic) bond motifs is 1. The van der Waals surface area contributed by atoms with Crippen LogP contribution in [0.5, 0.6) is 0 Å². The Bertz CT molecular complexity index is 936. The molecule has 4 rings (SSSR count). The molecule has 0 bridgehead atoms. The van der Waals surface area contributed by atoms with Crippen molar-refractivity contribution >= 4 is 29.1 Å². The van der Waals surface area contributed by atoms with E-state index in [4.69, 9.17) is 0 Å². The highest BCUT2D eigenvalue weighted by Crippen LogP contribution is 2.40. The molecule has 3 amide bonds. The largest absolute Gasteiger partial charge is 0.322 e. The molecule has 1 aliphatic heterocycles. The zero-order valence-corrected chi connectivity index (χ0v) is 15.0. The van der Waals surface area contributed by atoms with Crippen LogP contribution in [0, 0.1) is 17.8 Å². The van der Waals surface area contributed by atoms with Crippen molar-refractivity contribution < 1.29 is 14.4 Å². The first-order valence-electron chi connectivity index (χ1n) is 9.07. The Morgan fingerprint density at radius 1 is 1.04 bits per heavy atom. The van der Waals surface area contributed by atoms with Crippen molar-refractivity contribution in [3.05, 3.63) is 72.3 Å². The Labute approximate surface area is 157 Å². The summed E-state index contributed by atoms with van der Waals surface area (Å²) in [6.45, 7) is 1.97. The molecule has 0 spiro atoms. The quantitative estimate of drug-likeness (QED) is 0.671. The minimum Gasteiger partial charge on any atom is -0.322 e. The summed E-state index contributed by atoms with van der Waals surface area (Å²) in [4.78, 5) is 39.4. The molecule has 2 aromatic carbocycles. The van der Waals surface area contributed by atoms with Crippen molar-refractivity contribution in [3.63, 3.8) is 0 Å². The summed E-state index contributed by atoms with van der Waals surface area (Å²) in [7, 11) is 0. The number of carbonyl (C=O) groups excluding carboxylic acids is 3. The number of amides is 3. The van der Waals surface area contributed by atoms with E-state index in [1.54, 1.807) is 48.5 Å². The normalized spacial score (nSPS) is 24.0. The number of anilines is 2. The second-order valence-corrected chi connectivity index (χ2v) is 7.04. The number of allylic oxidation sites excluding steroid dienone is 2. The van der Waals surface area contributed by atoms with Gasteiger partial charge in [-0.15, -0.1) is 0 Å². The maximum absolute atomic E-state index is 12.9. The average Bonchev–Trinajstić information content (AvgIpc) is 2.94. The first kappa shape index (κ1) is 17.2. The van der Waals surface area contributed by atoms with Gasteiger partial charge in [0.2, 0.25) is 11.8 Å². The molecule has 136 valence electrons. The van der Waals surface area contributed by atoms with Crippen molar-refractivity contribution in [2.75, 3.05) is 10.2 Å². The molecule has 0 radical (unpaired) electrons. The van der Waals surface area contributed by atoms with Gasteiger partial charge in [-0.05, 0) is 42.7 Å². The number of carbonyl (C=O) groups is 3. The maximum atomic E-state index is 12.9. The number of hydrogen-bond donors (Lipinski definition) is 1. The van der Waals surface area contributed by atoms with Crippen molar-refractivity contribution in [2.45, 2.75) is 13.3 Å². The highest BCUT2D eigenvalue weighted by atomic mass is 16.2. The fraction of sp³-hybridized carbons (Fsp3) is 0.227. The highest BCUT2D eigenvalue weighted by molar-refractivity contribution is 6.22. The molecule has 27 heavy (non-hydrogen) atoms. The Hall–Kier alpha value is -3.21. The fourth-order valence-corrected chi connectivity index (χ4v) is 3.92. The van der Waals surface area contributed by atoms with Gasteiger partial charge in [-0.25, -0.2) is 4.90 Å². The molecular formula is C22H20N2O3. The lowest BCUT2D eigenvalue weighted by molar-refractivity contribution is -0.122. The van der Waals surface area contributed by atoms with Crippen LogP contribution >= 0.6 is 0 Å². The van der Waals surface area contributed by atoms with Crippen molar-refractivity contribution in [2.24, 2.45) is 17.8 Å². The Morgan fingerprint density at radius 3 is 2.56 bits per heavy atom. The molecule has 3 atom stereocenters. The zero-order valence-electron chi connectivity index (χ0n) is 15.0. The molecule has 0 aromatic heterocycles. The minimum atomic E-state index is -0.301. The van der Waals surface area contributed by atoms with Crippen LogP contribution in [0.3, 0.4) is 0 Å². The van der Waals surface area contributed by atoms with Crippen molar-refractivity contribution in [3.8, 4) is 0 Å². The van der Waals surface area contributed by atoms with Gasteiger partial charge in [-0.2, -0.15) is 0 Å². The van der Waals surface area contributed by atoms with Gasteiger partial charge in [0.15, 0.2) is 0 Å². The van der Waals surface area contributed by atoms with E-state index in [9.17, 15) is 14.4 Å². The molecule has 5 nitrogen and oxygen atoms in total. The van der Waals surface area contributed by atoms with Crippen LogP contribution in [0.15, 0.2) is 66.7 Å². The van der Waals surface area contributed by atoms with E-state index < -0.39 is 0 Å². The van der Waals surface area contributed by atoms with Gasteiger partial charge < -0.3 is 5.32 Å².